The Morgan fingerprint density at radius 3 is 0.932 bits per heavy atom. The zero-order chi connectivity index (χ0) is 52.9. The molecule has 2 aromatic heterocycles. The summed E-state index contributed by atoms with van der Waals surface area (Å²) in [6.07, 6.45) is 41.0. The summed E-state index contributed by atoms with van der Waals surface area (Å²) >= 11 is 7.57. The van der Waals surface area contributed by atoms with Gasteiger partial charge >= 0.3 is 237 Å². The fraction of sp³-hybridized carbons (Fsp3) is 0.710. The summed E-state index contributed by atoms with van der Waals surface area (Å²) in [6, 6.07) is 13.0. The van der Waals surface area contributed by atoms with Crippen molar-refractivity contribution in [3.63, 3.8) is 0 Å². The van der Waals surface area contributed by atoms with Crippen molar-refractivity contribution in [3.8, 4) is 9.75 Å². The van der Waals surface area contributed by atoms with Crippen LogP contribution in [0, 0.1) is 0 Å². The van der Waals surface area contributed by atoms with E-state index in [2.05, 4.69) is 122 Å². The van der Waals surface area contributed by atoms with Crippen LogP contribution in [0.25, 0.3) is 20.5 Å². The molecule has 0 bridgehead atoms. The third-order valence-electron chi connectivity index (χ3n) is 15.9. The summed E-state index contributed by atoms with van der Waals surface area (Å²) in [5, 5.41) is 9.70. The molecular formula is C62H100Br2N4S2SiSn2. The topological polar surface area (TPSA) is 49.4 Å². The molecule has 0 aliphatic carbocycles. The average Bonchev–Trinajstić information content (AvgIpc) is 4.14. The van der Waals surface area contributed by atoms with Gasteiger partial charge in [-0.2, -0.15) is 0 Å². The van der Waals surface area contributed by atoms with Crippen molar-refractivity contribution < 1.29 is 0 Å². The Labute approximate surface area is 479 Å². The van der Waals surface area contributed by atoms with Crippen LogP contribution in [0.2, 0.25) is 41.7 Å². The van der Waals surface area contributed by atoms with Crippen molar-refractivity contribution in [2.75, 3.05) is 0 Å². The van der Waals surface area contributed by atoms with E-state index in [0.29, 0.717) is 0 Å². The summed E-state index contributed by atoms with van der Waals surface area (Å²) in [6.45, 7) is 12.7. The molecule has 0 saturated heterocycles. The number of nitrogens with zero attached hydrogens (tertiary/aromatic N) is 4. The van der Waals surface area contributed by atoms with Gasteiger partial charge in [-0.3, -0.25) is 20.0 Å². The molecule has 0 radical (unpaired) electrons. The van der Waals surface area contributed by atoms with Crippen LogP contribution in [0.15, 0.2) is 53.2 Å². The summed E-state index contributed by atoms with van der Waals surface area (Å²) in [7, 11) is -1.71. The fourth-order valence-corrected chi connectivity index (χ4v) is 33.3. The minimum absolute atomic E-state index is 0.425. The van der Waals surface area contributed by atoms with Crippen LogP contribution in [0.3, 0.4) is 0 Å². The average molecular weight is 1390 g/mol. The van der Waals surface area contributed by atoms with E-state index in [0.717, 1.165) is 41.1 Å². The van der Waals surface area contributed by atoms with Crippen LogP contribution >= 0.6 is 54.5 Å². The maximum absolute atomic E-state index is 4.79. The van der Waals surface area contributed by atoms with Crippen LogP contribution in [0.1, 0.15) is 221 Å². The molecule has 406 valence electrons. The molecule has 11 heteroatoms. The van der Waals surface area contributed by atoms with Crippen molar-refractivity contribution in [1.82, 2.24) is 0 Å². The van der Waals surface area contributed by atoms with Crippen LogP contribution in [-0.2, 0) is 0 Å². The number of benzene rings is 2. The number of rotatable bonds is 32. The van der Waals surface area contributed by atoms with Gasteiger partial charge in [0, 0.05) is 19.7 Å². The molecule has 4 aromatic rings. The van der Waals surface area contributed by atoms with Crippen molar-refractivity contribution >= 4 is 126 Å². The van der Waals surface area contributed by atoms with Crippen LogP contribution in [-0.4, -0.2) is 56.2 Å². The fourth-order valence-electron chi connectivity index (χ4n) is 11.6. The van der Waals surface area contributed by atoms with Gasteiger partial charge in [-0.1, -0.05) is 104 Å². The van der Waals surface area contributed by atoms with Gasteiger partial charge in [0.05, 0.1) is 10.7 Å². The normalized spacial score (nSPS) is 15.8. The summed E-state index contributed by atoms with van der Waals surface area (Å²) in [4.78, 5) is 38.5. The second-order valence-corrected chi connectivity index (χ2v) is 64.5. The van der Waals surface area contributed by atoms with E-state index >= 15 is 0 Å². The molecule has 0 N–H and O–H groups in total. The standard InChI is InChI=1S/C40H68S2Si.C16H14Br2N4.6CH3.2Sn/c1-3-5-7-9-11-13-15-17-19-21-23-25-27-29-35-43(37-31-33-41-39(37)40-38(43)32-34-42-40)36-30-28-26-24-22-20-18-16-14-12-10-8-6-4-2;1-15(2)19-11-7-5-10(18)14-12(20-16(3,4)22-14)8(7)6-9(17)13(11)21-15;;;;;;;;/h31-32H,3-30,35-36H2,1-2H3;5-6H,1-4H3;6*1H3;;. The SMILES string of the molecule is CC1(C)N=c2c(Br)cc3c4c(c(Br)cc3c2=N1)=NC(C)(C)N=4.CCCCCCCCCCCCCCCC[Si]1(CCCCCCCCCCCCCCCC)c2c[c]([Sn]([CH3])([CH3])[CH3])sc2-c2s[c]([Sn]([CH3])([CH3])[CH3])cc21. The molecule has 0 spiro atoms. The zero-order valence-corrected chi connectivity index (χ0v) is 59.9. The molecule has 0 unspecified atom stereocenters. The van der Waals surface area contributed by atoms with E-state index in [1.807, 2.05) is 43.9 Å². The van der Waals surface area contributed by atoms with Gasteiger partial charge in [0.2, 0.25) is 0 Å². The molecule has 2 aromatic carbocycles. The number of halogens is 2. The molecule has 0 fully saturated rings. The molecule has 3 aliphatic heterocycles. The van der Waals surface area contributed by atoms with Crippen LogP contribution in [0.5, 0.6) is 0 Å². The molecule has 4 nitrogen and oxygen atoms in total. The Morgan fingerprint density at radius 2 is 0.658 bits per heavy atom. The molecule has 73 heavy (non-hydrogen) atoms. The molecule has 0 amide bonds. The second kappa shape index (κ2) is 29.0. The van der Waals surface area contributed by atoms with Gasteiger partial charge in [0.25, 0.3) is 0 Å². The Hall–Kier alpha value is 0.0743. The quantitative estimate of drug-likeness (QED) is 0.0346. The summed E-state index contributed by atoms with van der Waals surface area (Å²) in [5.74, 6) is 0. The van der Waals surface area contributed by atoms with Crippen LogP contribution < -0.4 is 37.6 Å². The predicted molar refractivity (Wildman–Crippen MR) is 341 cm³/mol. The first-order valence-corrected chi connectivity index (χ1v) is 55.5. The molecule has 0 saturated carbocycles. The summed E-state index contributed by atoms with van der Waals surface area (Å²) < 4.78 is 5.61. The van der Waals surface area contributed by atoms with E-state index in [1.165, 1.54) is 192 Å². The minimum atomic E-state index is -2.14. The molecule has 5 heterocycles. The summed E-state index contributed by atoms with van der Waals surface area (Å²) in [5.41, 5.74) is -0.850. The molecule has 7 rings (SSSR count). The maximum atomic E-state index is 4.79. The number of unbranched alkanes of at least 4 members (excludes halogenated alkanes) is 26. The van der Waals surface area contributed by atoms with Gasteiger partial charge in [-0.15, -0.1) is 0 Å². The van der Waals surface area contributed by atoms with E-state index < -0.39 is 56.2 Å². The van der Waals surface area contributed by atoms with Crippen molar-refractivity contribution in [2.24, 2.45) is 20.0 Å². The van der Waals surface area contributed by atoms with Crippen molar-refractivity contribution in [3.05, 3.63) is 54.6 Å². The van der Waals surface area contributed by atoms with E-state index in [-0.39, 0.29) is 0 Å². The third-order valence-corrected chi connectivity index (χ3v) is 44.0. The Balaban J connectivity index is 0.000000323. The van der Waals surface area contributed by atoms with Gasteiger partial charge in [-0.25, -0.2) is 0 Å². The molecule has 0 atom stereocenters. The third kappa shape index (κ3) is 17.5. The van der Waals surface area contributed by atoms with Gasteiger partial charge in [0.15, 0.2) is 0 Å². The number of hydrogen-bond acceptors (Lipinski definition) is 6. The first-order valence-electron chi connectivity index (χ1n) is 29.9. The van der Waals surface area contributed by atoms with Crippen LogP contribution in [0.4, 0.5) is 0 Å². The molecule has 3 aliphatic rings. The number of fused-ring (bicyclic) bond motifs is 8. The number of thiophene rings is 2. The first kappa shape index (κ1) is 62.3. The Bertz CT molecular complexity index is 2480. The van der Waals surface area contributed by atoms with Gasteiger partial charge in [-0.05, 0) is 71.7 Å². The van der Waals surface area contributed by atoms with E-state index in [9.17, 15) is 0 Å². The van der Waals surface area contributed by atoms with Crippen molar-refractivity contribution in [1.29, 1.82) is 0 Å². The van der Waals surface area contributed by atoms with E-state index in [4.69, 9.17) is 20.0 Å². The van der Waals surface area contributed by atoms with E-state index in [1.54, 1.807) is 9.75 Å². The monoisotopic (exact) mass is 1390 g/mol. The second-order valence-electron chi connectivity index (χ2n) is 25.6. The number of hydrogen-bond donors (Lipinski definition) is 0. The Kier molecular flexibility index (Phi) is 24.7. The predicted octanol–water partition coefficient (Wildman–Crippen LogP) is 17.7. The first-order chi connectivity index (χ1) is 34.7. The molecular weight excluding hydrogens is 1290 g/mol. The Morgan fingerprint density at radius 1 is 0.397 bits per heavy atom. The van der Waals surface area contributed by atoms with Crippen molar-refractivity contribution in [2.45, 2.75) is 274 Å². The van der Waals surface area contributed by atoms with Gasteiger partial charge < -0.3 is 0 Å². The van der Waals surface area contributed by atoms with Gasteiger partial charge in [0.1, 0.15) is 22.0 Å². The zero-order valence-electron chi connectivity index (χ0n) is 48.4.